The molecule has 3 aliphatic carbocycles. The Balaban J connectivity index is 0.000000154. The Morgan fingerprint density at radius 3 is 0.937 bits per heavy atom. The maximum absolute atomic E-state index is 13.6. The van der Waals surface area contributed by atoms with Gasteiger partial charge in [0.15, 0.2) is 16.9 Å². The van der Waals surface area contributed by atoms with Crippen molar-refractivity contribution in [2.45, 2.75) is 199 Å². The molecular weight excluding hydrogens is 1680 g/mol. The fourth-order valence-electron chi connectivity index (χ4n) is 16.7. The van der Waals surface area contributed by atoms with Crippen LogP contribution in [0, 0.1) is 0 Å². The van der Waals surface area contributed by atoms with Crippen LogP contribution in [-0.4, -0.2) is 183 Å². The Morgan fingerprint density at radius 1 is 0.405 bits per heavy atom. The summed E-state index contributed by atoms with van der Waals surface area (Å²) in [5.74, 6) is -0.349. The summed E-state index contributed by atoms with van der Waals surface area (Å²) in [6, 6.07) is 34.4. The minimum atomic E-state index is -3.81. The van der Waals surface area contributed by atoms with E-state index in [2.05, 4.69) is 65.5 Å². The zero-order valence-electron chi connectivity index (χ0n) is 72.2. The molecule has 4 N–H and O–H groups in total. The molecule has 0 spiro atoms. The number of aryl methyl sites for hydroxylation is 3. The van der Waals surface area contributed by atoms with Crippen molar-refractivity contribution in [1.82, 2.24) is 66.8 Å². The molecule has 0 bridgehead atoms. The van der Waals surface area contributed by atoms with Crippen molar-refractivity contribution in [2.75, 3.05) is 39.6 Å². The molecule has 3 aromatic carbocycles. The van der Waals surface area contributed by atoms with Gasteiger partial charge in [0.2, 0.25) is 5.97 Å². The Kier molecular flexibility index (Phi) is 33.4. The third-order valence-electron chi connectivity index (χ3n) is 23.4. The van der Waals surface area contributed by atoms with Crippen molar-refractivity contribution in [1.29, 1.82) is 0 Å². The van der Waals surface area contributed by atoms with Crippen molar-refractivity contribution < 1.29 is 103 Å². The molecule has 126 heavy (non-hydrogen) atoms. The van der Waals surface area contributed by atoms with Crippen LogP contribution in [0.4, 0.5) is 0 Å². The molecule has 0 amide bonds. The Labute approximate surface area is 758 Å². The van der Waals surface area contributed by atoms with Crippen LogP contribution in [-0.2, 0) is 99.0 Å². The first-order valence-electron chi connectivity index (χ1n) is 42.4. The van der Waals surface area contributed by atoms with E-state index in [1.54, 1.807) is 136 Å². The largest absolute Gasteiger partial charge is 1.00 e. The first-order valence-corrected chi connectivity index (χ1v) is 46.7. The van der Waals surface area contributed by atoms with Gasteiger partial charge >= 0.3 is 41.5 Å². The van der Waals surface area contributed by atoms with Gasteiger partial charge in [-0.3, -0.25) is 23.6 Å². The second kappa shape index (κ2) is 44.2. The molecule has 9 aromatic heterocycles. The van der Waals surface area contributed by atoms with E-state index in [4.69, 9.17) is 29.9 Å². The Hall–Kier alpha value is -9.89. The number of ether oxygens (including phenoxy) is 3. The summed E-state index contributed by atoms with van der Waals surface area (Å²) in [6.45, 7) is 8.68. The van der Waals surface area contributed by atoms with Crippen molar-refractivity contribution in [3.8, 4) is 33.4 Å². The van der Waals surface area contributed by atoms with Gasteiger partial charge in [0, 0.05) is 230 Å². The van der Waals surface area contributed by atoms with Crippen molar-refractivity contribution in [2.24, 2.45) is 26.9 Å². The van der Waals surface area contributed by atoms with E-state index in [1.165, 1.54) is 30.0 Å². The minimum Gasteiger partial charge on any atom is -0.793 e. The predicted octanol–water partition coefficient (Wildman–Crippen LogP) is 9.63. The second-order valence-corrected chi connectivity index (χ2v) is 37.8. The molecule has 0 atom stereocenters. The number of hydrogen-bond donors (Lipinski definition) is 3. The SMILES string of the molecule is CC(=O)OOC(C)=O.Cn1cc(-c2cn(S(=O)(=O)c3ccccc3)c3ncc(C4CCC(=O)CC4)cc23)cn1.Cn1cc(-c2cn(S(=O)(=O)c3ccccc3)c3ncc(C4CCC(NC5CCOCC5)CC4)cc23)cn1.Cn1cc(-c2cn(S(=O)(=O)c3ccccc3)c3ncc(C4CCC(NC5CCOCC5)CC4)cc23)cn1.NC1CCOCC1.[B-]OC(C)=O.[Na+]. The minimum absolute atomic E-state index is 0. The van der Waals surface area contributed by atoms with Gasteiger partial charge in [-0.1, -0.05) is 54.6 Å². The van der Waals surface area contributed by atoms with Crippen LogP contribution in [0.3, 0.4) is 0 Å². The normalized spacial score (nSPS) is 18.6. The Morgan fingerprint density at radius 2 is 0.683 bits per heavy atom. The number of pyridine rings is 3. The number of rotatable bonds is 16. The van der Waals surface area contributed by atoms with Crippen molar-refractivity contribution >= 4 is 94.9 Å². The van der Waals surface area contributed by atoms with E-state index in [0.29, 0.717) is 77.6 Å². The van der Waals surface area contributed by atoms with Crippen LogP contribution < -0.4 is 45.9 Å². The average molecular weight is 1790 g/mol. The fourth-order valence-corrected chi connectivity index (χ4v) is 20.7. The third-order valence-corrected chi connectivity index (χ3v) is 28.3. The van der Waals surface area contributed by atoms with E-state index in [1.807, 2.05) is 70.3 Å². The number of aromatic nitrogens is 12. The van der Waals surface area contributed by atoms with Gasteiger partial charge in [0.25, 0.3) is 30.1 Å². The maximum Gasteiger partial charge on any atom is 1.00 e. The van der Waals surface area contributed by atoms with Gasteiger partial charge < -0.3 is 43.3 Å². The monoisotopic (exact) mass is 1780 g/mol. The van der Waals surface area contributed by atoms with E-state index in [-0.39, 0.29) is 50.2 Å². The predicted molar refractivity (Wildman–Crippen MR) is 472 cm³/mol. The molecule has 3 saturated heterocycles. The number of benzene rings is 3. The molecule has 31 nitrogen and oxygen atoms in total. The van der Waals surface area contributed by atoms with Gasteiger partial charge in [-0.25, -0.2) is 71.5 Å². The number of carbonyl (C=O) groups is 4. The molecule has 661 valence electrons. The standard InChI is InChI=1S/2C28H33N5O3S.C23H22N4O3S.C5H11NO.C4H6O4.C2H3BO2.Na/c2*1-32-18-22(17-30-32)27-19-33(37(34,35)25-5-3-2-4-6-25)28-26(27)15-21(16-29-28)20-7-9-23(10-8-20)31-24-11-13-36-14-12-24;1-26-14-18(13-25-26)22-15-27(31(29,30)20-5-3-2-4-6-20)23-21(22)11-17(12-24-23)16-7-9-19(28)10-8-16;6-5-1-3-7-4-2-5;1-3(5)7-8-4(2)6;1-2(4)5-3;/h2*2-6,15-20,23-24,31H,7-14H2,1H3;2-6,11-16H,7-10H2,1H3;5H,1-4,6H2;1-2H3;1H3;/q;;;;;-1;+1. The summed E-state index contributed by atoms with van der Waals surface area (Å²) in [6.07, 6.45) is 39.7. The quantitative estimate of drug-likeness (QED) is 0.0460. The summed E-state index contributed by atoms with van der Waals surface area (Å²) in [5, 5.41) is 23.0. The average Bonchev–Trinajstić information content (AvgIpc) is 1.60. The van der Waals surface area contributed by atoms with Crippen LogP contribution >= 0.6 is 0 Å². The zero-order valence-corrected chi connectivity index (χ0v) is 76.6. The molecule has 18 rings (SSSR count). The van der Waals surface area contributed by atoms with E-state index in [0.717, 1.165) is 211 Å². The number of ketones is 1. The molecule has 12 aromatic rings. The number of Topliss-reactive ketones (excluding diaryl/α,β-unsaturated/α-hetero) is 1. The molecule has 3 aliphatic heterocycles. The van der Waals surface area contributed by atoms with Gasteiger partial charge in [-0.05, 0) is 192 Å². The van der Waals surface area contributed by atoms with Crippen LogP contribution in [0.2, 0.25) is 0 Å². The molecule has 36 heteroatoms. The fraction of sp³-hybridized carbons (Fsp3) is 0.422. The molecule has 6 fully saturated rings. The van der Waals surface area contributed by atoms with Crippen LogP contribution in [0.15, 0.2) is 198 Å². The third kappa shape index (κ3) is 24.3. The van der Waals surface area contributed by atoms with E-state index in [9.17, 15) is 44.4 Å². The summed E-state index contributed by atoms with van der Waals surface area (Å²) in [5.41, 5.74) is 15.2. The van der Waals surface area contributed by atoms with Crippen molar-refractivity contribution in [3.05, 3.63) is 200 Å². The smallest absolute Gasteiger partial charge is 0.793 e. The first-order chi connectivity index (χ1) is 60.2. The molecule has 6 aliphatic rings. The van der Waals surface area contributed by atoms with Crippen molar-refractivity contribution in [3.63, 3.8) is 0 Å². The maximum atomic E-state index is 13.6. The van der Waals surface area contributed by atoms with Gasteiger partial charge in [-0.2, -0.15) is 15.3 Å². The zero-order chi connectivity index (χ0) is 88.4. The number of nitrogens with two attached hydrogens (primary N) is 1. The molecule has 3 radical (unpaired) electrons. The number of nitrogens with zero attached hydrogens (tertiary/aromatic N) is 12. The first kappa shape index (κ1) is 95.2. The topological polar surface area (TPSA) is 383 Å². The molecule has 0 unspecified atom stereocenters. The van der Waals surface area contributed by atoms with Gasteiger partial charge in [0.1, 0.15) is 5.78 Å². The number of hydrogen-bond acceptors (Lipinski definition) is 25. The summed E-state index contributed by atoms with van der Waals surface area (Å²) < 4.78 is 110. The van der Waals surface area contributed by atoms with Gasteiger partial charge in [0.05, 0.1) is 33.3 Å². The number of carbonyl (C=O) groups excluding carboxylic acids is 4. The van der Waals surface area contributed by atoms with Crippen LogP contribution in [0.25, 0.3) is 66.5 Å². The molecule has 12 heterocycles. The van der Waals surface area contributed by atoms with Gasteiger partial charge in [-0.15, -0.1) is 0 Å². The van der Waals surface area contributed by atoms with E-state index < -0.39 is 48.0 Å². The summed E-state index contributed by atoms with van der Waals surface area (Å²) in [7, 11) is -1.53. The van der Waals surface area contributed by atoms with Crippen LogP contribution in [0.1, 0.15) is 171 Å². The summed E-state index contributed by atoms with van der Waals surface area (Å²) in [4.78, 5) is 63.2. The number of nitrogens with one attached hydrogen (secondary N) is 2. The number of fused-ring (bicyclic) bond motifs is 3. The summed E-state index contributed by atoms with van der Waals surface area (Å²) >= 11 is 0. The molecular formula is C90H108BN15NaO16S3. The molecule has 3 saturated carbocycles. The second-order valence-electron chi connectivity index (χ2n) is 32.3. The van der Waals surface area contributed by atoms with Crippen LogP contribution in [0.5, 0.6) is 0 Å². The van der Waals surface area contributed by atoms with E-state index >= 15 is 0 Å². The Bertz CT molecular complexity index is 5760.